The van der Waals surface area contributed by atoms with Crippen molar-refractivity contribution in [2.45, 2.75) is 13.0 Å². The van der Waals surface area contributed by atoms with Crippen LogP contribution in [0.15, 0.2) is 47.1 Å². The zero-order valence-corrected chi connectivity index (χ0v) is 10.6. The second-order valence-corrected chi connectivity index (χ2v) is 4.23. The zero-order chi connectivity index (χ0) is 13.7. The van der Waals surface area contributed by atoms with Gasteiger partial charge in [-0.15, -0.1) is 0 Å². The number of anilines is 1. The van der Waals surface area contributed by atoms with Crippen molar-refractivity contribution >= 4 is 11.7 Å². The average Bonchev–Trinajstić information content (AvgIpc) is 2.93. The van der Waals surface area contributed by atoms with E-state index in [1.54, 1.807) is 12.1 Å². The average molecular weight is 260 g/mol. The van der Waals surface area contributed by atoms with Crippen LogP contribution in [-0.4, -0.2) is 17.7 Å². The van der Waals surface area contributed by atoms with Crippen molar-refractivity contribution in [2.75, 3.05) is 11.9 Å². The molecule has 0 spiro atoms. The van der Waals surface area contributed by atoms with Crippen LogP contribution in [0.4, 0.5) is 10.5 Å². The van der Waals surface area contributed by atoms with Crippen LogP contribution in [0.25, 0.3) is 0 Å². The standard InChI is InChI=1S/C14H16N2O3/c1-10-4-6-11(7-5-10)16-14(18)15-9-12(17)13-3-2-8-19-13/h2-8,12,17H,9H2,1H3,(H2,15,16,18). The molecule has 100 valence electrons. The van der Waals surface area contributed by atoms with Crippen LogP contribution in [-0.2, 0) is 0 Å². The number of hydrogen-bond donors (Lipinski definition) is 3. The molecule has 0 radical (unpaired) electrons. The Hall–Kier alpha value is -2.27. The normalized spacial score (nSPS) is 11.9. The van der Waals surface area contributed by atoms with Gasteiger partial charge in [0.15, 0.2) is 0 Å². The molecule has 1 atom stereocenters. The summed E-state index contributed by atoms with van der Waals surface area (Å²) in [6, 6.07) is 10.4. The summed E-state index contributed by atoms with van der Waals surface area (Å²) in [7, 11) is 0. The lowest BCUT2D eigenvalue weighted by atomic mass is 10.2. The molecule has 1 heterocycles. The molecule has 2 rings (SSSR count). The van der Waals surface area contributed by atoms with E-state index in [1.807, 2.05) is 31.2 Å². The van der Waals surface area contributed by atoms with Crippen LogP contribution in [0.3, 0.4) is 0 Å². The number of urea groups is 1. The summed E-state index contributed by atoms with van der Waals surface area (Å²) < 4.78 is 5.04. The molecule has 3 N–H and O–H groups in total. The predicted octanol–water partition coefficient (Wildman–Crippen LogP) is 2.44. The quantitative estimate of drug-likeness (QED) is 0.790. The molecule has 1 unspecified atom stereocenters. The number of rotatable bonds is 4. The van der Waals surface area contributed by atoms with E-state index in [0.29, 0.717) is 11.4 Å². The highest BCUT2D eigenvalue weighted by molar-refractivity contribution is 5.89. The first-order valence-electron chi connectivity index (χ1n) is 5.98. The second-order valence-electron chi connectivity index (χ2n) is 4.23. The van der Waals surface area contributed by atoms with Crippen LogP contribution >= 0.6 is 0 Å². The maximum Gasteiger partial charge on any atom is 0.319 e. The molecule has 2 aromatic rings. The van der Waals surface area contributed by atoms with E-state index >= 15 is 0 Å². The number of aryl methyl sites for hydroxylation is 1. The molecule has 0 fully saturated rings. The predicted molar refractivity (Wildman–Crippen MR) is 71.9 cm³/mol. The minimum absolute atomic E-state index is 0.0885. The van der Waals surface area contributed by atoms with Gasteiger partial charge in [0.05, 0.1) is 12.8 Å². The summed E-state index contributed by atoms with van der Waals surface area (Å²) >= 11 is 0. The first kappa shape index (κ1) is 13.2. The molecule has 0 aliphatic heterocycles. The Balaban J connectivity index is 1.80. The maximum atomic E-state index is 11.6. The zero-order valence-electron chi connectivity index (χ0n) is 10.6. The van der Waals surface area contributed by atoms with E-state index in [1.165, 1.54) is 6.26 Å². The van der Waals surface area contributed by atoms with Gasteiger partial charge in [-0.05, 0) is 31.2 Å². The van der Waals surface area contributed by atoms with Crippen molar-refractivity contribution in [3.05, 3.63) is 54.0 Å². The Bertz CT molecular complexity index is 520. The molecule has 1 aromatic carbocycles. The summed E-state index contributed by atoms with van der Waals surface area (Å²) in [6.45, 7) is 2.06. The van der Waals surface area contributed by atoms with Gasteiger partial charge in [0, 0.05) is 5.69 Å². The highest BCUT2D eigenvalue weighted by Crippen LogP contribution is 2.12. The minimum Gasteiger partial charge on any atom is -0.467 e. The molecule has 0 aliphatic rings. The lowest BCUT2D eigenvalue weighted by Gasteiger charge is -2.10. The summed E-state index contributed by atoms with van der Waals surface area (Å²) in [5, 5.41) is 15.0. The summed E-state index contributed by atoms with van der Waals surface area (Å²) in [5.74, 6) is 0.427. The molecular weight excluding hydrogens is 244 g/mol. The third kappa shape index (κ3) is 3.86. The van der Waals surface area contributed by atoms with Gasteiger partial charge in [-0.25, -0.2) is 4.79 Å². The van der Waals surface area contributed by atoms with Gasteiger partial charge in [0.2, 0.25) is 0 Å². The molecule has 0 saturated carbocycles. The molecule has 5 heteroatoms. The smallest absolute Gasteiger partial charge is 0.319 e. The van der Waals surface area contributed by atoms with Crippen molar-refractivity contribution in [1.82, 2.24) is 5.32 Å². The van der Waals surface area contributed by atoms with Gasteiger partial charge >= 0.3 is 6.03 Å². The number of carbonyl (C=O) groups is 1. The van der Waals surface area contributed by atoms with Gasteiger partial charge in [0.1, 0.15) is 11.9 Å². The first-order valence-corrected chi connectivity index (χ1v) is 5.98. The lowest BCUT2D eigenvalue weighted by Crippen LogP contribution is -2.32. The van der Waals surface area contributed by atoms with E-state index in [0.717, 1.165) is 5.56 Å². The first-order chi connectivity index (χ1) is 9.15. The van der Waals surface area contributed by atoms with Gasteiger partial charge in [-0.3, -0.25) is 0 Å². The Morgan fingerprint density at radius 3 is 2.68 bits per heavy atom. The molecule has 0 aliphatic carbocycles. The third-order valence-electron chi connectivity index (χ3n) is 2.64. The van der Waals surface area contributed by atoms with Crippen LogP contribution in [0, 0.1) is 6.92 Å². The van der Waals surface area contributed by atoms with Gasteiger partial charge in [0.25, 0.3) is 0 Å². The van der Waals surface area contributed by atoms with E-state index in [9.17, 15) is 9.90 Å². The molecule has 1 aromatic heterocycles. The maximum absolute atomic E-state index is 11.6. The van der Waals surface area contributed by atoms with Gasteiger partial charge in [-0.1, -0.05) is 17.7 Å². The fourth-order valence-corrected chi connectivity index (χ4v) is 1.58. The summed E-state index contributed by atoms with van der Waals surface area (Å²) in [4.78, 5) is 11.6. The van der Waals surface area contributed by atoms with E-state index in [4.69, 9.17) is 4.42 Å². The molecule has 5 nitrogen and oxygen atoms in total. The molecular formula is C14H16N2O3. The van der Waals surface area contributed by atoms with Gasteiger partial charge < -0.3 is 20.2 Å². The highest BCUT2D eigenvalue weighted by atomic mass is 16.4. The van der Waals surface area contributed by atoms with Crippen molar-refractivity contribution in [1.29, 1.82) is 0 Å². The van der Waals surface area contributed by atoms with Gasteiger partial charge in [-0.2, -0.15) is 0 Å². The largest absolute Gasteiger partial charge is 0.467 e. The number of aliphatic hydroxyl groups is 1. The van der Waals surface area contributed by atoms with Crippen molar-refractivity contribution in [3.63, 3.8) is 0 Å². The highest BCUT2D eigenvalue weighted by Gasteiger charge is 2.11. The van der Waals surface area contributed by atoms with Crippen molar-refractivity contribution in [3.8, 4) is 0 Å². The lowest BCUT2D eigenvalue weighted by molar-refractivity contribution is 0.149. The number of carbonyl (C=O) groups excluding carboxylic acids is 1. The van der Waals surface area contributed by atoms with Crippen molar-refractivity contribution < 1.29 is 14.3 Å². The van der Waals surface area contributed by atoms with E-state index < -0.39 is 6.10 Å². The monoisotopic (exact) mass is 260 g/mol. The number of furan rings is 1. The number of aliphatic hydroxyl groups excluding tert-OH is 1. The number of benzene rings is 1. The van der Waals surface area contributed by atoms with Crippen molar-refractivity contribution in [2.24, 2.45) is 0 Å². The summed E-state index contributed by atoms with van der Waals surface area (Å²) in [6.07, 6.45) is 0.629. The van der Waals surface area contributed by atoms with Crippen LogP contribution < -0.4 is 10.6 Å². The fourth-order valence-electron chi connectivity index (χ4n) is 1.58. The fraction of sp³-hybridized carbons (Fsp3) is 0.214. The Morgan fingerprint density at radius 2 is 2.05 bits per heavy atom. The van der Waals surface area contributed by atoms with E-state index in [2.05, 4.69) is 10.6 Å². The van der Waals surface area contributed by atoms with E-state index in [-0.39, 0.29) is 12.6 Å². The van der Waals surface area contributed by atoms with Crippen LogP contribution in [0.2, 0.25) is 0 Å². The van der Waals surface area contributed by atoms with Crippen LogP contribution in [0.5, 0.6) is 0 Å². The van der Waals surface area contributed by atoms with Crippen LogP contribution in [0.1, 0.15) is 17.4 Å². The Labute approximate surface area is 111 Å². The third-order valence-corrected chi connectivity index (χ3v) is 2.64. The summed E-state index contributed by atoms with van der Waals surface area (Å²) in [5.41, 5.74) is 1.83. The second kappa shape index (κ2) is 6.06. The molecule has 2 amide bonds. The molecule has 0 bridgehead atoms. The molecule has 19 heavy (non-hydrogen) atoms. The SMILES string of the molecule is Cc1ccc(NC(=O)NCC(O)c2ccco2)cc1. The number of amides is 2. The Kier molecular flexibility index (Phi) is 4.20. The topological polar surface area (TPSA) is 74.5 Å². The Morgan fingerprint density at radius 1 is 1.32 bits per heavy atom. The minimum atomic E-state index is -0.848. The number of hydrogen-bond acceptors (Lipinski definition) is 3. The number of nitrogens with one attached hydrogen (secondary N) is 2. The molecule has 0 saturated heterocycles.